The van der Waals surface area contributed by atoms with Gasteiger partial charge in [-0.1, -0.05) is 18.2 Å². The Balaban J connectivity index is 1.54. The largest absolute Gasteiger partial charge is 0.356 e. The van der Waals surface area contributed by atoms with Crippen molar-refractivity contribution < 1.29 is 41.5 Å². The van der Waals surface area contributed by atoms with Crippen LogP contribution < -0.4 is 10.0 Å². The van der Waals surface area contributed by atoms with Gasteiger partial charge in [-0.25, -0.2) is 17.5 Å². The highest BCUT2D eigenvalue weighted by atomic mass is 32.2. The zero-order valence-corrected chi connectivity index (χ0v) is 21.9. The Morgan fingerprint density at radius 3 is 2.45 bits per heavy atom. The Kier molecular flexibility index (Phi) is 7.69. The van der Waals surface area contributed by atoms with Crippen LogP contribution in [-0.2, 0) is 30.7 Å². The first kappa shape index (κ1) is 27.8. The number of fused-ring (bicyclic) bond motifs is 1. The van der Waals surface area contributed by atoms with Gasteiger partial charge in [0.05, 0.1) is 29.3 Å². The number of carbonyl (C=O) groups is 3. The van der Waals surface area contributed by atoms with Gasteiger partial charge in [0, 0.05) is 29.1 Å². The zero-order chi connectivity index (χ0) is 27.8. The van der Waals surface area contributed by atoms with Gasteiger partial charge in [-0.2, -0.15) is 0 Å². The molecule has 1 aliphatic heterocycles. The van der Waals surface area contributed by atoms with E-state index in [0.29, 0.717) is 5.52 Å². The van der Waals surface area contributed by atoms with E-state index in [1.54, 1.807) is 6.07 Å². The molecular formula is C24H25FN3O8PS. The molecule has 38 heavy (non-hydrogen) atoms. The Bertz CT molecular complexity index is 1570. The Morgan fingerprint density at radius 2 is 1.82 bits per heavy atom. The van der Waals surface area contributed by atoms with Crippen molar-refractivity contribution in [3.8, 4) is 0 Å². The number of benzene rings is 2. The van der Waals surface area contributed by atoms with Crippen LogP contribution in [0.15, 0.2) is 59.6 Å². The second-order valence-corrected chi connectivity index (χ2v) is 12.3. The maximum absolute atomic E-state index is 14.3. The van der Waals surface area contributed by atoms with E-state index in [4.69, 9.17) is 0 Å². The predicted octanol–water partition coefficient (Wildman–Crippen LogP) is 1.13. The third-order valence-corrected chi connectivity index (χ3v) is 8.69. The summed E-state index contributed by atoms with van der Waals surface area (Å²) < 4.78 is 54.5. The third-order valence-electron chi connectivity index (χ3n) is 6.32. The van der Waals surface area contributed by atoms with Gasteiger partial charge in [-0.15, -0.1) is 0 Å². The van der Waals surface area contributed by atoms with Crippen molar-refractivity contribution in [3.63, 3.8) is 0 Å². The summed E-state index contributed by atoms with van der Waals surface area (Å²) in [5.74, 6) is -1.71. The van der Waals surface area contributed by atoms with E-state index in [2.05, 4.69) is 4.72 Å². The summed E-state index contributed by atoms with van der Waals surface area (Å²) in [6.07, 6.45) is -0.407. The number of ketones is 2. The molecule has 4 rings (SSSR count). The van der Waals surface area contributed by atoms with Gasteiger partial charge < -0.3 is 19.3 Å². The van der Waals surface area contributed by atoms with Crippen LogP contribution in [0, 0.1) is 0 Å². The topological polar surface area (TPSA) is 163 Å². The summed E-state index contributed by atoms with van der Waals surface area (Å²) in [5.41, 5.74) is 0.478. The first-order chi connectivity index (χ1) is 17.8. The number of nitrogens with one attached hydrogen (secondary N) is 1. The lowest BCUT2D eigenvalue weighted by molar-refractivity contribution is -0.137. The molecule has 2 heterocycles. The number of alkyl halides is 1. The van der Waals surface area contributed by atoms with Crippen molar-refractivity contribution in [2.24, 2.45) is 0 Å². The molecule has 202 valence electrons. The second kappa shape index (κ2) is 10.5. The van der Waals surface area contributed by atoms with E-state index < -0.39 is 53.9 Å². The van der Waals surface area contributed by atoms with E-state index >= 15 is 0 Å². The minimum absolute atomic E-state index is 0.0433. The number of sulfonamides is 1. The molecule has 0 bridgehead atoms. The standard InChI is InChI=1S/C24H25FN3O8PS/c1-15(29)20-13-27(21-8-7-17(10-19(20)21)37(32,33)34)14-24(31)28-12-16(25)9-22(28)23(30)11-26-38(35,36)18-5-3-2-4-6-18/h2-8,10,13,16,22,26H,9,11-12,14H2,1H3,(H2,32,33,34)/t16-,22+/m1/s1. The number of aromatic nitrogens is 1. The molecule has 2 atom stereocenters. The first-order valence-corrected chi connectivity index (χ1v) is 14.6. The number of rotatable bonds is 9. The van der Waals surface area contributed by atoms with Crippen LogP contribution in [0.1, 0.15) is 23.7 Å². The van der Waals surface area contributed by atoms with Gasteiger partial charge in [-0.05, 0) is 37.3 Å². The summed E-state index contributed by atoms with van der Waals surface area (Å²) in [6.45, 7) is -0.109. The molecule has 0 spiro atoms. The maximum Gasteiger partial charge on any atom is 0.356 e. The summed E-state index contributed by atoms with van der Waals surface area (Å²) >= 11 is 0. The molecule has 1 aliphatic rings. The molecule has 1 amide bonds. The number of hydrogen-bond acceptors (Lipinski definition) is 6. The van der Waals surface area contributed by atoms with Crippen LogP contribution in [-0.4, -0.2) is 70.4 Å². The van der Waals surface area contributed by atoms with Gasteiger partial charge in [0.15, 0.2) is 11.6 Å². The average molecular weight is 566 g/mol. The summed E-state index contributed by atoms with van der Waals surface area (Å²) in [4.78, 5) is 58.2. The molecular weight excluding hydrogens is 540 g/mol. The highest BCUT2D eigenvalue weighted by molar-refractivity contribution is 7.89. The van der Waals surface area contributed by atoms with Crippen LogP contribution in [0.5, 0.6) is 0 Å². The van der Waals surface area contributed by atoms with Gasteiger partial charge in [0.1, 0.15) is 12.7 Å². The first-order valence-electron chi connectivity index (χ1n) is 11.5. The number of hydrogen-bond donors (Lipinski definition) is 3. The number of nitrogens with zero attached hydrogens (tertiary/aromatic N) is 2. The smallest absolute Gasteiger partial charge is 0.337 e. The summed E-state index contributed by atoms with van der Waals surface area (Å²) in [5, 5.41) is -0.0566. The summed E-state index contributed by atoms with van der Waals surface area (Å²) in [7, 11) is -8.58. The molecule has 1 fully saturated rings. The van der Waals surface area contributed by atoms with E-state index in [1.807, 2.05) is 0 Å². The molecule has 0 saturated carbocycles. The Hall–Kier alpha value is -3.22. The van der Waals surface area contributed by atoms with Gasteiger partial charge in [0.25, 0.3) is 0 Å². The van der Waals surface area contributed by atoms with E-state index in [0.717, 1.165) is 4.90 Å². The zero-order valence-electron chi connectivity index (χ0n) is 20.2. The molecule has 14 heteroatoms. The molecule has 3 N–H and O–H groups in total. The second-order valence-electron chi connectivity index (χ2n) is 8.97. The molecule has 2 aromatic carbocycles. The van der Waals surface area contributed by atoms with E-state index in [-0.39, 0.29) is 40.7 Å². The quantitative estimate of drug-likeness (QED) is 0.257. The Morgan fingerprint density at radius 1 is 1.13 bits per heavy atom. The van der Waals surface area contributed by atoms with Crippen LogP contribution >= 0.6 is 7.60 Å². The van der Waals surface area contributed by atoms with Crippen molar-refractivity contribution >= 4 is 51.3 Å². The third kappa shape index (κ3) is 5.77. The minimum atomic E-state index is -4.60. The summed E-state index contributed by atoms with van der Waals surface area (Å²) in [6, 6.07) is 9.95. The van der Waals surface area contributed by atoms with Crippen molar-refractivity contribution in [1.82, 2.24) is 14.2 Å². The molecule has 1 aromatic heterocycles. The Labute approximate surface area is 217 Å². The number of amides is 1. The molecule has 0 aliphatic carbocycles. The molecule has 1 saturated heterocycles. The molecule has 3 aromatic rings. The van der Waals surface area contributed by atoms with Gasteiger partial charge in [0.2, 0.25) is 15.9 Å². The van der Waals surface area contributed by atoms with E-state index in [9.17, 15) is 41.5 Å². The number of likely N-dealkylation sites (tertiary alicyclic amines) is 1. The lowest BCUT2D eigenvalue weighted by Crippen LogP contribution is -2.45. The predicted molar refractivity (Wildman–Crippen MR) is 135 cm³/mol. The lowest BCUT2D eigenvalue weighted by atomic mass is 10.1. The fourth-order valence-corrected chi connectivity index (χ4v) is 6.03. The van der Waals surface area contributed by atoms with Gasteiger partial charge in [-0.3, -0.25) is 18.9 Å². The average Bonchev–Trinajstić information content (AvgIpc) is 3.43. The van der Waals surface area contributed by atoms with E-state index in [1.165, 1.54) is 60.2 Å². The van der Waals surface area contributed by atoms with Crippen molar-refractivity contribution in [3.05, 3.63) is 60.3 Å². The number of carbonyl (C=O) groups excluding carboxylic acids is 3. The van der Waals surface area contributed by atoms with Crippen LogP contribution in [0.3, 0.4) is 0 Å². The lowest BCUT2D eigenvalue weighted by Gasteiger charge is -2.24. The van der Waals surface area contributed by atoms with Crippen LogP contribution in [0.4, 0.5) is 4.39 Å². The monoisotopic (exact) mass is 565 g/mol. The normalized spacial score (nSPS) is 18.2. The van der Waals surface area contributed by atoms with Crippen molar-refractivity contribution in [1.29, 1.82) is 0 Å². The van der Waals surface area contributed by atoms with Gasteiger partial charge >= 0.3 is 7.60 Å². The van der Waals surface area contributed by atoms with Crippen molar-refractivity contribution in [2.45, 2.75) is 37.0 Å². The fourth-order valence-electron chi connectivity index (χ4n) is 4.45. The molecule has 11 nitrogen and oxygen atoms in total. The van der Waals surface area contributed by atoms with Crippen LogP contribution in [0.2, 0.25) is 0 Å². The molecule has 0 radical (unpaired) electrons. The SMILES string of the molecule is CC(=O)c1cn(CC(=O)N2C[C@H](F)C[C@H]2C(=O)CNS(=O)(=O)c2ccccc2)c2ccc(P(=O)(O)O)cc12. The maximum atomic E-state index is 14.3. The van der Waals surface area contributed by atoms with Crippen molar-refractivity contribution in [2.75, 3.05) is 13.1 Å². The van der Waals surface area contributed by atoms with Crippen LogP contribution in [0.25, 0.3) is 10.9 Å². The number of Topliss-reactive ketones (excluding diaryl/α,β-unsaturated/α-hetero) is 2. The minimum Gasteiger partial charge on any atom is -0.337 e. The highest BCUT2D eigenvalue weighted by Crippen LogP contribution is 2.35. The highest BCUT2D eigenvalue weighted by Gasteiger charge is 2.40. The number of halogens is 1. The molecule has 0 unspecified atom stereocenters. The fraction of sp³-hybridized carbons (Fsp3) is 0.292.